The molecule has 0 aromatic heterocycles. The molecule has 278 valence electrons. The molecule has 1 rings (SSSR count). The van der Waals surface area contributed by atoms with Crippen molar-refractivity contribution in [1.29, 1.82) is 0 Å². The summed E-state index contributed by atoms with van der Waals surface area (Å²) in [5, 5.41) is 0. The van der Waals surface area contributed by atoms with E-state index in [4.69, 9.17) is 9.47 Å². The Morgan fingerprint density at radius 1 is 0.404 bits per heavy atom. The van der Waals surface area contributed by atoms with Crippen LogP contribution in [-0.4, -0.2) is 58.1 Å². The van der Waals surface area contributed by atoms with E-state index in [1.165, 1.54) is 193 Å². The van der Waals surface area contributed by atoms with Crippen molar-refractivity contribution in [3.63, 3.8) is 0 Å². The van der Waals surface area contributed by atoms with Gasteiger partial charge in [-0.15, -0.1) is 0 Å². The first-order valence-corrected chi connectivity index (χ1v) is 21.4. The van der Waals surface area contributed by atoms with Gasteiger partial charge in [0.25, 0.3) is 0 Å². The van der Waals surface area contributed by atoms with Gasteiger partial charge in [0.05, 0.1) is 40.4 Å². The van der Waals surface area contributed by atoms with Crippen LogP contribution in [0.2, 0.25) is 0 Å². The summed E-state index contributed by atoms with van der Waals surface area (Å²) in [5.41, 5.74) is 0. The molecule has 2 atom stereocenters. The van der Waals surface area contributed by atoms with E-state index in [0.29, 0.717) is 11.8 Å². The van der Waals surface area contributed by atoms with Crippen LogP contribution >= 0.6 is 0 Å². The van der Waals surface area contributed by atoms with Gasteiger partial charge in [-0.05, 0) is 64.2 Å². The molecule has 1 aliphatic rings. The standard InChI is InChI=1S/C44H86NO2/c1-5-7-9-11-13-15-17-19-21-23-25-27-29-31-33-35-37-46-41-43-39-45(3,4)40-44(43)42-47-38-36-34-32-30-28-26-24-22-20-18-16-14-12-10-8-6-2/h19-22,43-44H,5-18,23-42H2,1-4H3/q+1/t43-,44?/m0/s1. The first-order valence-electron chi connectivity index (χ1n) is 21.4. The van der Waals surface area contributed by atoms with Crippen molar-refractivity contribution in [2.45, 2.75) is 194 Å². The average molecular weight is 661 g/mol. The van der Waals surface area contributed by atoms with Crippen molar-refractivity contribution in [2.75, 3.05) is 53.6 Å². The Kier molecular flexibility index (Phi) is 32.0. The Bertz CT molecular complexity index is 630. The summed E-state index contributed by atoms with van der Waals surface area (Å²) in [4.78, 5) is 0. The number of quaternary nitrogens is 1. The molecule has 1 saturated heterocycles. The second kappa shape index (κ2) is 33.8. The van der Waals surface area contributed by atoms with Gasteiger partial charge in [0.15, 0.2) is 0 Å². The Balaban J connectivity index is 1.91. The van der Waals surface area contributed by atoms with Gasteiger partial charge in [-0.3, -0.25) is 0 Å². The number of allylic oxidation sites excluding steroid dienone is 4. The summed E-state index contributed by atoms with van der Waals surface area (Å²) in [6.45, 7) is 10.8. The van der Waals surface area contributed by atoms with Crippen LogP contribution in [0.5, 0.6) is 0 Å². The average Bonchev–Trinajstić information content (AvgIpc) is 3.36. The zero-order valence-electron chi connectivity index (χ0n) is 32.8. The predicted molar refractivity (Wildman–Crippen MR) is 209 cm³/mol. The fourth-order valence-corrected chi connectivity index (χ4v) is 7.39. The van der Waals surface area contributed by atoms with Crippen LogP contribution in [0.4, 0.5) is 0 Å². The number of rotatable bonds is 36. The molecule has 0 bridgehead atoms. The highest BCUT2D eigenvalue weighted by Gasteiger charge is 2.40. The molecule has 3 nitrogen and oxygen atoms in total. The third-order valence-electron chi connectivity index (χ3n) is 10.4. The van der Waals surface area contributed by atoms with E-state index < -0.39 is 0 Å². The van der Waals surface area contributed by atoms with Crippen molar-refractivity contribution in [3.05, 3.63) is 24.3 Å². The minimum absolute atomic E-state index is 0.652. The normalized spacial score (nSPS) is 18.0. The Hall–Kier alpha value is -0.640. The molecule has 1 aliphatic heterocycles. The first kappa shape index (κ1) is 44.4. The van der Waals surface area contributed by atoms with Crippen LogP contribution in [0.3, 0.4) is 0 Å². The third-order valence-corrected chi connectivity index (χ3v) is 10.4. The van der Waals surface area contributed by atoms with Gasteiger partial charge in [-0.2, -0.15) is 0 Å². The molecule has 1 fully saturated rings. The Morgan fingerprint density at radius 2 is 0.681 bits per heavy atom. The number of unbranched alkanes of at least 4 members (excludes halogenated alkanes) is 24. The van der Waals surface area contributed by atoms with Crippen LogP contribution in [0, 0.1) is 11.8 Å². The molecule has 1 unspecified atom stereocenters. The molecule has 0 spiro atoms. The summed E-state index contributed by atoms with van der Waals surface area (Å²) in [6.07, 6.45) is 47.8. The van der Waals surface area contributed by atoms with Crippen LogP contribution in [0.15, 0.2) is 24.3 Å². The molecule has 0 amide bonds. The van der Waals surface area contributed by atoms with Crippen molar-refractivity contribution in [2.24, 2.45) is 11.8 Å². The lowest BCUT2D eigenvalue weighted by atomic mass is 9.98. The SMILES string of the molecule is CCCCCCCCC=CCCCCCCCCOCC1C[N+](C)(C)C[C@H]1COCCCCCCCCC=CCCCCCCCC. The molecule has 0 aromatic carbocycles. The van der Waals surface area contributed by atoms with Gasteiger partial charge in [0.1, 0.15) is 0 Å². The first-order chi connectivity index (χ1) is 23.1. The molecular weight excluding hydrogens is 574 g/mol. The summed E-state index contributed by atoms with van der Waals surface area (Å²) < 4.78 is 13.6. The van der Waals surface area contributed by atoms with Gasteiger partial charge >= 0.3 is 0 Å². The maximum absolute atomic E-state index is 6.22. The molecule has 0 aliphatic carbocycles. The zero-order chi connectivity index (χ0) is 33.9. The fourth-order valence-electron chi connectivity index (χ4n) is 7.39. The molecule has 0 saturated carbocycles. The molecule has 1 heterocycles. The number of hydrogen-bond donors (Lipinski definition) is 0. The smallest absolute Gasteiger partial charge is 0.0839 e. The van der Waals surface area contributed by atoms with E-state index >= 15 is 0 Å². The second-order valence-electron chi connectivity index (χ2n) is 15.8. The van der Waals surface area contributed by atoms with E-state index in [9.17, 15) is 0 Å². The summed E-state index contributed by atoms with van der Waals surface area (Å²) in [5.74, 6) is 1.30. The van der Waals surface area contributed by atoms with Crippen LogP contribution < -0.4 is 0 Å². The lowest BCUT2D eigenvalue weighted by molar-refractivity contribution is -0.880. The molecule has 0 N–H and O–H groups in total. The van der Waals surface area contributed by atoms with E-state index in [0.717, 1.165) is 30.9 Å². The topological polar surface area (TPSA) is 18.5 Å². The maximum atomic E-state index is 6.22. The highest BCUT2D eigenvalue weighted by atomic mass is 16.5. The van der Waals surface area contributed by atoms with Crippen molar-refractivity contribution >= 4 is 0 Å². The van der Waals surface area contributed by atoms with Gasteiger partial charge < -0.3 is 14.0 Å². The van der Waals surface area contributed by atoms with Crippen molar-refractivity contribution < 1.29 is 14.0 Å². The van der Waals surface area contributed by atoms with E-state index in [-0.39, 0.29) is 0 Å². The molecular formula is C44H86NO2+. The number of nitrogens with zero attached hydrogens (tertiary/aromatic N) is 1. The van der Waals surface area contributed by atoms with E-state index in [1.54, 1.807) is 0 Å². The van der Waals surface area contributed by atoms with Crippen LogP contribution in [-0.2, 0) is 9.47 Å². The summed E-state index contributed by atoms with van der Waals surface area (Å²) >= 11 is 0. The monoisotopic (exact) mass is 661 g/mol. The largest absolute Gasteiger partial charge is 0.381 e. The Labute approximate surface area is 296 Å². The predicted octanol–water partition coefficient (Wildman–Crippen LogP) is 13.4. The molecule has 3 heteroatoms. The quantitative estimate of drug-likeness (QED) is 0.0378. The molecule has 0 radical (unpaired) electrons. The van der Waals surface area contributed by atoms with Crippen molar-refractivity contribution in [3.8, 4) is 0 Å². The minimum Gasteiger partial charge on any atom is -0.381 e. The molecule has 47 heavy (non-hydrogen) atoms. The van der Waals surface area contributed by atoms with Gasteiger partial charge in [0.2, 0.25) is 0 Å². The van der Waals surface area contributed by atoms with Gasteiger partial charge in [-0.1, -0.05) is 154 Å². The zero-order valence-corrected chi connectivity index (χ0v) is 32.8. The lowest BCUT2D eigenvalue weighted by Crippen LogP contribution is -2.37. The third kappa shape index (κ3) is 30.0. The number of likely N-dealkylation sites (tertiary alicyclic amines) is 1. The van der Waals surface area contributed by atoms with Gasteiger partial charge in [-0.25, -0.2) is 0 Å². The maximum Gasteiger partial charge on any atom is 0.0839 e. The second-order valence-corrected chi connectivity index (χ2v) is 15.8. The number of hydrogen-bond acceptors (Lipinski definition) is 2. The molecule has 0 aromatic rings. The van der Waals surface area contributed by atoms with Crippen LogP contribution in [0.1, 0.15) is 194 Å². The number of ether oxygens (including phenoxy) is 2. The van der Waals surface area contributed by atoms with Crippen LogP contribution in [0.25, 0.3) is 0 Å². The summed E-state index contributed by atoms with van der Waals surface area (Å²) in [7, 11) is 4.76. The highest BCUT2D eigenvalue weighted by Crippen LogP contribution is 2.28. The highest BCUT2D eigenvalue weighted by molar-refractivity contribution is 4.82. The lowest BCUT2D eigenvalue weighted by Gasteiger charge is -2.23. The fraction of sp³-hybridized carbons (Fsp3) is 0.909. The van der Waals surface area contributed by atoms with Crippen molar-refractivity contribution in [1.82, 2.24) is 0 Å². The van der Waals surface area contributed by atoms with E-state index in [1.807, 2.05) is 0 Å². The Morgan fingerprint density at radius 3 is 1.00 bits per heavy atom. The van der Waals surface area contributed by atoms with Gasteiger partial charge in [0, 0.05) is 25.0 Å². The minimum atomic E-state index is 0.652. The van der Waals surface area contributed by atoms with E-state index in [2.05, 4.69) is 52.2 Å². The summed E-state index contributed by atoms with van der Waals surface area (Å²) in [6, 6.07) is 0.